The van der Waals surface area contributed by atoms with Crippen molar-refractivity contribution in [2.24, 2.45) is 0 Å². The number of rotatable bonds is 5. The van der Waals surface area contributed by atoms with Gasteiger partial charge in [-0.25, -0.2) is 0 Å². The number of fused-ring (bicyclic) bond motifs is 1. The number of aliphatic hydroxyl groups is 1. The average molecular weight is 468 g/mol. The molecular weight excluding hydrogens is 450 g/mol. The summed E-state index contributed by atoms with van der Waals surface area (Å²) in [7, 11) is 0. The molecule has 0 radical (unpaired) electrons. The van der Waals surface area contributed by atoms with Crippen molar-refractivity contribution in [2.45, 2.75) is 3.40 Å². The van der Waals surface area contributed by atoms with E-state index in [0.29, 0.717) is 0 Å². The van der Waals surface area contributed by atoms with E-state index in [-0.39, 0.29) is 29.9 Å². The molecule has 0 heterocycles. The second kappa shape index (κ2) is 7.80. The molecular formula is C23H18OSe2. The van der Waals surface area contributed by atoms with Gasteiger partial charge < -0.3 is 0 Å². The monoisotopic (exact) mass is 470 g/mol. The van der Waals surface area contributed by atoms with Crippen LogP contribution in [0.1, 0.15) is 5.56 Å². The van der Waals surface area contributed by atoms with E-state index in [0.717, 1.165) is 10.9 Å². The normalized spacial score (nSPS) is 11.6. The fourth-order valence-corrected chi connectivity index (χ4v) is 9.35. The van der Waals surface area contributed by atoms with Crippen LogP contribution in [0.3, 0.4) is 0 Å². The van der Waals surface area contributed by atoms with Crippen molar-refractivity contribution < 1.29 is 5.11 Å². The molecule has 3 heteroatoms. The summed E-state index contributed by atoms with van der Waals surface area (Å²) in [6.07, 6.45) is 0. The maximum absolute atomic E-state index is 11.9. The van der Waals surface area contributed by atoms with Gasteiger partial charge in [-0.1, -0.05) is 0 Å². The first-order valence-corrected chi connectivity index (χ1v) is 11.9. The molecule has 0 fully saturated rings. The molecule has 0 aliphatic heterocycles. The second-order valence-corrected chi connectivity index (χ2v) is 12.6. The molecule has 0 bridgehead atoms. The third kappa shape index (κ3) is 3.78. The molecule has 0 aliphatic carbocycles. The van der Waals surface area contributed by atoms with Crippen LogP contribution in [0.25, 0.3) is 10.8 Å². The van der Waals surface area contributed by atoms with Crippen LogP contribution in [0, 0.1) is 0 Å². The van der Waals surface area contributed by atoms with Crippen LogP contribution in [0.2, 0.25) is 0 Å². The molecule has 0 unspecified atom stereocenters. The topological polar surface area (TPSA) is 20.2 Å². The van der Waals surface area contributed by atoms with E-state index in [1.54, 1.807) is 0 Å². The summed E-state index contributed by atoms with van der Waals surface area (Å²) in [5.74, 6) is 0. The minimum atomic E-state index is -0.844. The first kappa shape index (κ1) is 17.5. The van der Waals surface area contributed by atoms with E-state index in [4.69, 9.17) is 0 Å². The third-order valence-corrected chi connectivity index (χ3v) is 10.2. The van der Waals surface area contributed by atoms with Gasteiger partial charge in [-0.2, -0.15) is 0 Å². The fourth-order valence-electron chi connectivity index (χ4n) is 2.93. The Bertz CT molecular complexity index is 953. The summed E-state index contributed by atoms with van der Waals surface area (Å²) in [6.45, 7) is 0. The van der Waals surface area contributed by atoms with Crippen molar-refractivity contribution in [1.29, 1.82) is 0 Å². The Hall–Kier alpha value is -1.86. The van der Waals surface area contributed by atoms with Gasteiger partial charge in [0.2, 0.25) is 0 Å². The predicted octanol–water partition coefficient (Wildman–Crippen LogP) is 3.00. The van der Waals surface area contributed by atoms with E-state index in [1.807, 2.05) is 12.1 Å². The van der Waals surface area contributed by atoms with Crippen LogP contribution in [0.5, 0.6) is 0 Å². The Balaban J connectivity index is 1.84. The Morgan fingerprint density at radius 2 is 1.04 bits per heavy atom. The van der Waals surface area contributed by atoms with Crippen LogP contribution in [0.15, 0.2) is 103 Å². The van der Waals surface area contributed by atoms with Crippen LogP contribution in [0.4, 0.5) is 0 Å². The summed E-state index contributed by atoms with van der Waals surface area (Å²) in [5.41, 5.74) is 1.04. The fraction of sp³-hybridized carbons (Fsp3) is 0.0435. The van der Waals surface area contributed by atoms with Crippen LogP contribution >= 0.6 is 0 Å². The Kier molecular flexibility index (Phi) is 5.26. The molecule has 1 nitrogen and oxygen atoms in total. The van der Waals surface area contributed by atoms with Gasteiger partial charge in [0.25, 0.3) is 0 Å². The molecule has 0 aromatic heterocycles. The zero-order chi connectivity index (χ0) is 17.8. The van der Waals surface area contributed by atoms with Crippen molar-refractivity contribution in [1.82, 2.24) is 0 Å². The zero-order valence-electron chi connectivity index (χ0n) is 14.1. The van der Waals surface area contributed by atoms with E-state index >= 15 is 0 Å². The molecule has 0 saturated carbocycles. The van der Waals surface area contributed by atoms with Gasteiger partial charge in [-0.15, -0.1) is 0 Å². The summed E-state index contributed by atoms with van der Waals surface area (Å²) < 4.78 is 1.59. The van der Waals surface area contributed by atoms with Gasteiger partial charge in [0.05, 0.1) is 0 Å². The van der Waals surface area contributed by atoms with Gasteiger partial charge in [-0.05, 0) is 0 Å². The summed E-state index contributed by atoms with van der Waals surface area (Å²) >= 11 is -0.178. The SMILES string of the molecule is OC([Se]c1ccccc1)([Se]c1ccccc1)c1cccc2ccccc12. The Labute approximate surface area is 166 Å². The van der Waals surface area contributed by atoms with E-state index in [2.05, 4.69) is 91.0 Å². The molecule has 26 heavy (non-hydrogen) atoms. The molecule has 4 aromatic carbocycles. The molecule has 4 rings (SSSR count). The van der Waals surface area contributed by atoms with E-state index in [9.17, 15) is 5.11 Å². The van der Waals surface area contributed by atoms with Crippen LogP contribution in [-0.2, 0) is 3.40 Å². The zero-order valence-corrected chi connectivity index (χ0v) is 17.5. The van der Waals surface area contributed by atoms with Crippen molar-refractivity contribution in [3.63, 3.8) is 0 Å². The van der Waals surface area contributed by atoms with Gasteiger partial charge in [0, 0.05) is 0 Å². The minimum absolute atomic E-state index is 0.0891. The van der Waals surface area contributed by atoms with Crippen molar-refractivity contribution in [3.8, 4) is 0 Å². The number of hydrogen-bond donors (Lipinski definition) is 1. The molecule has 0 amide bonds. The van der Waals surface area contributed by atoms with Crippen molar-refractivity contribution >= 4 is 49.6 Å². The summed E-state index contributed by atoms with van der Waals surface area (Å²) in [5, 5.41) is 14.3. The van der Waals surface area contributed by atoms with Gasteiger partial charge >= 0.3 is 167 Å². The summed E-state index contributed by atoms with van der Waals surface area (Å²) in [6, 6.07) is 35.4. The van der Waals surface area contributed by atoms with Gasteiger partial charge in [-0.3, -0.25) is 0 Å². The number of benzene rings is 4. The van der Waals surface area contributed by atoms with E-state index in [1.165, 1.54) is 14.3 Å². The van der Waals surface area contributed by atoms with Gasteiger partial charge in [0.1, 0.15) is 0 Å². The molecule has 128 valence electrons. The molecule has 4 aromatic rings. The number of hydrogen-bond acceptors (Lipinski definition) is 1. The third-order valence-electron chi connectivity index (χ3n) is 4.13. The van der Waals surface area contributed by atoms with Gasteiger partial charge in [0.15, 0.2) is 0 Å². The van der Waals surface area contributed by atoms with E-state index < -0.39 is 3.40 Å². The predicted molar refractivity (Wildman–Crippen MR) is 112 cm³/mol. The molecule has 0 saturated heterocycles. The average Bonchev–Trinajstić information content (AvgIpc) is 2.69. The maximum atomic E-state index is 11.9. The molecule has 0 aliphatic rings. The Morgan fingerprint density at radius 1 is 0.538 bits per heavy atom. The van der Waals surface area contributed by atoms with Crippen LogP contribution in [-0.4, -0.2) is 35.0 Å². The van der Waals surface area contributed by atoms with Crippen molar-refractivity contribution in [3.05, 3.63) is 109 Å². The molecule has 0 atom stereocenters. The van der Waals surface area contributed by atoms with Crippen molar-refractivity contribution in [2.75, 3.05) is 0 Å². The molecule has 0 spiro atoms. The quantitative estimate of drug-likeness (QED) is 0.447. The first-order valence-electron chi connectivity index (χ1n) is 8.43. The first-order chi connectivity index (χ1) is 12.7. The Morgan fingerprint density at radius 3 is 1.65 bits per heavy atom. The standard InChI is InChI=1S/C23H18OSe2/c24-23(25-19-12-3-1-4-13-19,26-20-14-5-2-6-15-20)22-17-9-11-18-10-7-8-16-21(18)22/h1-17,24H. The summed E-state index contributed by atoms with van der Waals surface area (Å²) in [4.78, 5) is 0. The molecule has 1 N–H and O–H groups in total. The second-order valence-electron chi connectivity index (χ2n) is 5.94. The van der Waals surface area contributed by atoms with Crippen LogP contribution < -0.4 is 8.92 Å².